The second-order valence-electron chi connectivity index (χ2n) is 6.36. The van der Waals surface area contributed by atoms with Crippen LogP contribution in [0.3, 0.4) is 0 Å². The van der Waals surface area contributed by atoms with Crippen LogP contribution in [0.5, 0.6) is 0 Å². The standard InChI is InChI=1S/C14H26N2O3/c1-9(2)6-10(7-12(17)18)8-16-13(19)14(3,15)11-4-5-11/h9-11H,4-8,15H2,1-3H3,(H,16,19)(H,17,18). The molecule has 2 unspecified atom stereocenters. The predicted octanol–water partition coefficient (Wildman–Crippen LogP) is 1.37. The Morgan fingerprint density at radius 1 is 1.42 bits per heavy atom. The van der Waals surface area contributed by atoms with Gasteiger partial charge in [-0.05, 0) is 43.9 Å². The summed E-state index contributed by atoms with van der Waals surface area (Å²) in [5.41, 5.74) is 5.21. The summed E-state index contributed by atoms with van der Waals surface area (Å²) in [6.07, 6.45) is 2.89. The fourth-order valence-corrected chi connectivity index (χ4v) is 2.45. The van der Waals surface area contributed by atoms with Crippen LogP contribution >= 0.6 is 0 Å². The second kappa shape index (κ2) is 6.37. The summed E-state index contributed by atoms with van der Waals surface area (Å²) >= 11 is 0. The molecule has 1 aliphatic rings. The number of hydrogen-bond acceptors (Lipinski definition) is 3. The Bertz CT molecular complexity index is 336. The highest BCUT2D eigenvalue weighted by atomic mass is 16.4. The zero-order chi connectivity index (χ0) is 14.6. The quantitative estimate of drug-likeness (QED) is 0.621. The Morgan fingerprint density at radius 3 is 2.42 bits per heavy atom. The maximum Gasteiger partial charge on any atom is 0.303 e. The average Bonchev–Trinajstić information content (AvgIpc) is 3.07. The van der Waals surface area contributed by atoms with Crippen molar-refractivity contribution < 1.29 is 14.7 Å². The fraction of sp³-hybridized carbons (Fsp3) is 0.857. The number of aliphatic carboxylic acids is 1. The molecule has 1 fully saturated rings. The van der Waals surface area contributed by atoms with Crippen LogP contribution in [-0.2, 0) is 9.59 Å². The number of carboxylic acid groups (broad SMARTS) is 1. The monoisotopic (exact) mass is 270 g/mol. The van der Waals surface area contributed by atoms with Gasteiger partial charge in [-0.15, -0.1) is 0 Å². The number of carbonyl (C=O) groups excluding carboxylic acids is 1. The molecule has 5 heteroatoms. The number of carbonyl (C=O) groups is 2. The van der Waals surface area contributed by atoms with Gasteiger partial charge < -0.3 is 16.2 Å². The van der Waals surface area contributed by atoms with Crippen molar-refractivity contribution in [3.05, 3.63) is 0 Å². The lowest BCUT2D eigenvalue weighted by Gasteiger charge is -2.25. The van der Waals surface area contributed by atoms with E-state index in [9.17, 15) is 9.59 Å². The Kier molecular flexibility index (Phi) is 5.35. The minimum Gasteiger partial charge on any atom is -0.481 e. The van der Waals surface area contributed by atoms with E-state index in [1.54, 1.807) is 6.92 Å². The second-order valence-corrected chi connectivity index (χ2v) is 6.36. The van der Waals surface area contributed by atoms with E-state index >= 15 is 0 Å². The summed E-state index contributed by atoms with van der Waals surface area (Å²) < 4.78 is 0. The van der Waals surface area contributed by atoms with Crippen molar-refractivity contribution in [3.8, 4) is 0 Å². The summed E-state index contributed by atoms with van der Waals surface area (Å²) in [5.74, 6) is -0.326. The molecule has 1 saturated carbocycles. The van der Waals surface area contributed by atoms with Crippen molar-refractivity contribution in [1.82, 2.24) is 5.32 Å². The van der Waals surface area contributed by atoms with Gasteiger partial charge in [-0.3, -0.25) is 9.59 Å². The molecule has 1 amide bonds. The Balaban J connectivity index is 2.45. The maximum absolute atomic E-state index is 12.0. The summed E-state index contributed by atoms with van der Waals surface area (Å²) in [4.78, 5) is 22.9. The number of nitrogens with two attached hydrogens (primary N) is 1. The van der Waals surface area contributed by atoms with E-state index in [1.807, 2.05) is 13.8 Å². The molecule has 4 N–H and O–H groups in total. The zero-order valence-electron chi connectivity index (χ0n) is 12.1. The van der Waals surface area contributed by atoms with Gasteiger partial charge in [-0.1, -0.05) is 13.8 Å². The molecule has 0 aliphatic heterocycles. The molecule has 0 spiro atoms. The Labute approximate surface area is 114 Å². The molecular weight excluding hydrogens is 244 g/mol. The van der Waals surface area contributed by atoms with Crippen molar-refractivity contribution in [2.24, 2.45) is 23.5 Å². The average molecular weight is 270 g/mol. The van der Waals surface area contributed by atoms with Crippen LogP contribution in [0.1, 0.15) is 46.5 Å². The van der Waals surface area contributed by atoms with Crippen LogP contribution in [-0.4, -0.2) is 29.1 Å². The van der Waals surface area contributed by atoms with Gasteiger partial charge in [-0.25, -0.2) is 0 Å². The topological polar surface area (TPSA) is 92.4 Å². The van der Waals surface area contributed by atoms with E-state index < -0.39 is 11.5 Å². The van der Waals surface area contributed by atoms with Crippen molar-refractivity contribution in [2.75, 3.05) is 6.54 Å². The first-order chi connectivity index (χ1) is 8.73. The molecule has 0 aromatic carbocycles. The van der Waals surface area contributed by atoms with Crippen LogP contribution in [0.25, 0.3) is 0 Å². The number of carboxylic acids is 1. The van der Waals surface area contributed by atoms with Crippen LogP contribution in [0.4, 0.5) is 0 Å². The lowest BCUT2D eigenvalue weighted by atomic mass is 9.92. The normalized spacial score (nSPS) is 19.8. The first-order valence-electron chi connectivity index (χ1n) is 7.02. The van der Waals surface area contributed by atoms with E-state index in [-0.39, 0.29) is 24.2 Å². The highest BCUT2D eigenvalue weighted by Crippen LogP contribution is 2.38. The summed E-state index contributed by atoms with van der Waals surface area (Å²) in [6, 6.07) is 0. The van der Waals surface area contributed by atoms with Gasteiger partial charge in [0.05, 0.1) is 5.54 Å². The number of hydrogen-bond donors (Lipinski definition) is 3. The first-order valence-corrected chi connectivity index (χ1v) is 7.02. The summed E-state index contributed by atoms with van der Waals surface area (Å²) in [5, 5.41) is 11.7. The van der Waals surface area contributed by atoms with E-state index in [0.717, 1.165) is 19.3 Å². The fourth-order valence-electron chi connectivity index (χ4n) is 2.45. The lowest BCUT2D eigenvalue weighted by molar-refractivity contribution is -0.138. The predicted molar refractivity (Wildman–Crippen MR) is 73.5 cm³/mol. The van der Waals surface area contributed by atoms with Gasteiger partial charge in [-0.2, -0.15) is 0 Å². The van der Waals surface area contributed by atoms with Crippen molar-refractivity contribution in [2.45, 2.75) is 52.0 Å². The van der Waals surface area contributed by atoms with E-state index in [2.05, 4.69) is 5.32 Å². The smallest absolute Gasteiger partial charge is 0.303 e. The number of rotatable bonds is 8. The molecule has 0 radical (unpaired) electrons. The molecule has 5 nitrogen and oxygen atoms in total. The molecule has 19 heavy (non-hydrogen) atoms. The van der Waals surface area contributed by atoms with Crippen LogP contribution < -0.4 is 11.1 Å². The third-order valence-electron chi connectivity index (χ3n) is 3.73. The lowest BCUT2D eigenvalue weighted by Crippen LogP contribution is -2.54. The Hall–Kier alpha value is -1.10. The van der Waals surface area contributed by atoms with E-state index in [1.165, 1.54) is 0 Å². The largest absolute Gasteiger partial charge is 0.481 e. The van der Waals surface area contributed by atoms with Crippen molar-refractivity contribution >= 4 is 11.9 Å². The molecule has 0 heterocycles. The molecule has 0 aromatic heterocycles. The van der Waals surface area contributed by atoms with Crippen LogP contribution in [0, 0.1) is 17.8 Å². The van der Waals surface area contributed by atoms with Crippen LogP contribution in [0.15, 0.2) is 0 Å². The van der Waals surface area contributed by atoms with Crippen molar-refractivity contribution in [1.29, 1.82) is 0 Å². The van der Waals surface area contributed by atoms with Gasteiger partial charge in [0.2, 0.25) is 5.91 Å². The highest BCUT2D eigenvalue weighted by Gasteiger charge is 2.44. The van der Waals surface area contributed by atoms with Gasteiger partial charge >= 0.3 is 5.97 Å². The summed E-state index contributed by atoms with van der Waals surface area (Å²) in [7, 11) is 0. The van der Waals surface area contributed by atoms with Crippen molar-refractivity contribution in [3.63, 3.8) is 0 Å². The van der Waals surface area contributed by atoms with Gasteiger partial charge in [0.25, 0.3) is 0 Å². The zero-order valence-corrected chi connectivity index (χ0v) is 12.1. The van der Waals surface area contributed by atoms with E-state index in [0.29, 0.717) is 12.5 Å². The van der Waals surface area contributed by atoms with Gasteiger partial charge in [0, 0.05) is 13.0 Å². The minimum atomic E-state index is -0.822. The number of amides is 1. The third-order valence-corrected chi connectivity index (χ3v) is 3.73. The minimum absolute atomic E-state index is 0.0311. The molecule has 110 valence electrons. The molecule has 1 rings (SSSR count). The number of nitrogens with one attached hydrogen (secondary N) is 1. The first kappa shape index (κ1) is 16.0. The van der Waals surface area contributed by atoms with E-state index in [4.69, 9.17) is 10.8 Å². The Morgan fingerprint density at radius 2 is 2.00 bits per heavy atom. The molecule has 0 saturated heterocycles. The van der Waals surface area contributed by atoms with Gasteiger partial charge in [0.15, 0.2) is 0 Å². The summed E-state index contributed by atoms with van der Waals surface area (Å²) in [6.45, 7) is 6.25. The molecule has 2 atom stereocenters. The van der Waals surface area contributed by atoms with Crippen LogP contribution in [0.2, 0.25) is 0 Å². The molecule has 0 aromatic rings. The molecule has 1 aliphatic carbocycles. The SMILES string of the molecule is CC(C)CC(CNC(=O)C(C)(N)C1CC1)CC(=O)O. The maximum atomic E-state index is 12.0. The molecular formula is C14H26N2O3. The highest BCUT2D eigenvalue weighted by molar-refractivity contribution is 5.86. The third kappa shape index (κ3) is 5.19. The molecule has 0 bridgehead atoms. The van der Waals surface area contributed by atoms with Gasteiger partial charge in [0.1, 0.15) is 0 Å².